The van der Waals surface area contributed by atoms with Crippen LogP contribution < -0.4 is 16.0 Å². The van der Waals surface area contributed by atoms with Crippen molar-refractivity contribution < 1.29 is 4.79 Å². The number of nitrogens with zero attached hydrogens (tertiary/aromatic N) is 2. The molecule has 2 heterocycles. The van der Waals surface area contributed by atoms with E-state index in [9.17, 15) is 4.79 Å². The first-order chi connectivity index (χ1) is 8.08. The van der Waals surface area contributed by atoms with Crippen LogP contribution in [0.15, 0.2) is 18.3 Å². The Kier molecular flexibility index (Phi) is 3.28. The van der Waals surface area contributed by atoms with E-state index in [1.165, 1.54) is 6.20 Å². The van der Waals surface area contributed by atoms with Crippen molar-refractivity contribution in [3.63, 3.8) is 0 Å². The second kappa shape index (κ2) is 4.71. The van der Waals surface area contributed by atoms with Crippen LogP contribution in [0.3, 0.4) is 0 Å². The Bertz CT molecular complexity index is 403. The molecule has 5 nitrogen and oxygen atoms in total. The Morgan fingerprint density at radius 1 is 1.53 bits per heavy atom. The minimum absolute atomic E-state index is 0.401. The molecule has 1 aromatic heterocycles. The van der Waals surface area contributed by atoms with Gasteiger partial charge in [0.25, 0.3) is 0 Å². The molecule has 17 heavy (non-hydrogen) atoms. The SMILES string of the molecule is CC1CN(c2ccc(C(N)=O)cn2)C(C)CN1. The Hall–Kier alpha value is -1.62. The standard InChI is InChI=1S/C12H18N4O/c1-8-7-16(9(2)5-14-8)11-4-3-10(6-15-11)12(13)17/h3-4,6,8-9,14H,5,7H2,1-2H3,(H2,13,17). The first-order valence-corrected chi connectivity index (χ1v) is 5.84. The van der Waals surface area contributed by atoms with Crippen molar-refractivity contribution in [3.05, 3.63) is 23.9 Å². The predicted octanol–water partition coefficient (Wildman–Crippen LogP) is 0.367. The van der Waals surface area contributed by atoms with Crippen LogP contribution in [0.4, 0.5) is 5.82 Å². The minimum atomic E-state index is -0.439. The Morgan fingerprint density at radius 3 is 2.88 bits per heavy atom. The lowest BCUT2D eigenvalue weighted by molar-refractivity contribution is 0.1000. The summed E-state index contributed by atoms with van der Waals surface area (Å²) in [4.78, 5) is 17.5. The zero-order valence-corrected chi connectivity index (χ0v) is 10.2. The van der Waals surface area contributed by atoms with Gasteiger partial charge in [0.2, 0.25) is 5.91 Å². The van der Waals surface area contributed by atoms with Gasteiger partial charge in [-0.3, -0.25) is 4.79 Å². The number of hydrogen-bond donors (Lipinski definition) is 2. The molecule has 2 atom stereocenters. The van der Waals surface area contributed by atoms with Gasteiger partial charge < -0.3 is 16.0 Å². The highest BCUT2D eigenvalue weighted by molar-refractivity contribution is 5.92. The van der Waals surface area contributed by atoms with Crippen LogP contribution in [0.1, 0.15) is 24.2 Å². The van der Waals surface area contributed by atoms with Gasteiger partial charge in [0.15, 0.2) is 0 Å². The van der Waals surface area contributed by atoms with E-state index in [1.807, 2.05) is 6.07 Å². The predicted molar refractivity (Wildman–Crippen MR) is 67.0 cm³/mol. The quantitative estimate of drug-likeness (QED) is 0.775. The third-order valence-corrected chi connectivity index (χ3v) is 3.09. The molecule has 1 aliphatic rings. The maximum atomic E-state index is 11.0. The number of aromatic nitrogens is 1. The molecule has 2 rings (SSSR count). The number of primary amides is 1. The molecule has 1 saturated heterocycles. The highest BCUT2D eigenvalue weighted by atomic mass is 16.1. The molecule has 1 fully saturated rings. The lowest BCUT2D eigenvalue weighted by Crippen LogP contribution is -2.54. The van der Waals surface area contributed by atoms with Crippen LogP contribution in [0.5, 0.6) is 0 Å². The van der Waals surface area contributed by atoms with E-state index in [0.29, 0.717) is 17.6 Å². The molecule has 0 spiro atoms. The molecule has 1 amide bonds. The number of amides is 1. The monoisotopic (exact) mass is 234 g/mol. The van der Waals surface area contributed by atoms with Crippen molar-refractivity contribution in [2.75, 3.05) is 18.0 Å². The molecule has 1 aliphatic heterocycles. The van der Waals surface area contributed by atoms with Gasteiger partial charge in [0.1, 0.15) is 5.82 Å². The molecule has 5 heteroatoms. The van der Waals surface area contributed by atoms with Gasteiger partial charge in [0, 0.05) is 31.4 Å². The molecule has 0 bridgehead atoms. The fourth-order valence-corrected chi connectivity index (χ4v) is 2.04. The minimum Gasteiger partial charge on any atom is -0.366 e. The largest absolute Gasteiger partial charge is 0.366 e. The van der Waals surface area contributed by atoms with Gasteiger partial charge in [0.05, 0.1) is 5.56 Å². The third kappa shape index (κ3) is 2.55. The average molecular weight is 234 g/mol. The van der Waals surface area contributed by atoms with E-state index in [1.54, 1.807) is 6.07 Å². The van der Waals surface area contributed by atoms with Gasteiger partial charge in [-0.1, -0.05) is 0 Å². The molecule has 0 aliphatic carbocycles. The molecular formula is C12H18N4O. The fraction of sp³-hybridized carbons (Fsp3) is 0.500. The van der Waals surface area contributed by atoms with Crippen LogP contribution in [-0.2, 0) is 0 Å². The smallest absolute Gasteiger partial charge is 0.250 e. The molecule has 1 aromatic rings. The summed E-state index contributed by atoms with van der Waals surface area (Å²) in [5.41, 5.74) is 5.64. The lowest BCUT2D eigenvalue weighted by Gasteiger charge is -2.38. The van der Waals surface area contributed by atoms with Crippen molar-refractivity contribution in [1.82, 2.24) is 10.3 Å². The molecule has 0 aromatic carbocycles. The van der Waals surface area contributed by atoms with E-state index in [4.69, 9.17) is 5.73 Å². The summed E-state index contributed by atoms with van der Waals surface area (Å²) >= 11 is 0. The van der Waals surface area contributed by atoms with E-state index >= 15 is 0 Å². The summed E-state index contributed by atoms with van der Waals surface area (Å²) in [5.74, 6) is 0.460. The molecule has 2 unspecified atom stereocenters. The van der Waals surface area contributed by atoms with Crippen molar-refractivity contribution in [2.45, 2.75) is 25.9 Å². The lowest BCUT2D eigenvalue weighted by atomic mass is 10.1. The number of hydrogen-bond acceptors (Lipinski definition) is 4. The van der Waals surface area contributed by atoms with Gasteiger partial charge in [-0.25, -0.2) is 4.98 Å². The second-order valence-corrected chi connectivity index (χ2v) is 4.58. The number of piperazine rings is 1. The van der Waals surface area contributed by atoms with Crippen LogP contribution in [0, 0.1) is 0 Å². The maximum absolute atomic E-state index is 11.0. The van der Waals surface area contributed by atoms with E-state index in [2.05, 4.69) is 29.0 Å². The first-order valence-electron chi connectivity index (χ1n) is 5.84. The number of rotatable bonds is 2. The van der Waals surface area contributed by atoms with Gasteiger partial charge in [-0.15, -0.1) is 0 Å². The summed E-state index contributed by atoms with van der Waals surface area (Å²) in [5, 5.41) is 3.42. The molecule has 0 saturated carbocycles. The molecule has 92 valence electrons. The zero-order chi connectivity index (χ0) is 12.4. The number of pyridine rings is 1. The van der Waals surface area contributed by atoms with Crippen LogP contribution in [-0.4, -0.2) is 36.1 Å². The number of carbonyl (C=O) groups excluding carboxylic acids is 1. The van der Waals surface area contributed by atoms with Crippen molar-refractivity contribution in [2.24, 2.45) is 5.73 Å². The maximum Gasteiger partial charge on any atom is 0.250 e. The Morgan fingerprint density at radius 2 is 2.29 bits per heavy atom. The number of nitrogens with two attached hydrogens (primary N) is 1. The number of nitrogens with one attached hydrogen (secondary N) is 1. The summed E-state index contributed by atoms with van der Waals surface area (Å²) < 4.78 is 0. The van der Waals surface area contributed by atoms with Crippen LogP contribution in [0.25, 0.3) is 0 Å². The van der Waals surface area contributed by atoms with Crippen molar-refractivity contribution in [1.29, 1.82) is 0 Å². The number of carbonyl (C=O) groups is 1. The first kappa shape index (κ1) is 11.9. The van der Waals surface area contributed by atoms with E-state index < -0.39 is 5.91 Å². The van der Waals surface area contributed by atoms with Crippen LogP contribution >= 0.6 is 0 Å². The number of anilines is 1. The molecular weight excluding hydrogens is 216 g/mol. The normalized spacial score (nSPS) is 24.7. The Balaban J connectivity index is 2.18. The Labute approximate surface area is 101 Å². The van der Waals surface area contributed by atoms with Gasteiger partial charge in [-0.2, -0.15) is 0 Å². The summed E-state index contributed by atoms with van der Waals surface area (Å²) in [6.07, 6.45) is 1.54. The average Bonchev–Trinajstić information content (AvgIpc) is 2.32. The van der Waals surface area contributed by atoms with E-state index in [-0.39, 0.29) is 0 Å². The molecule has 0 radical (unpaired) electrons. The van der Waals surface area contributed by atoms with Crippen LogP contribution in [0.2, 0.25) is 0 Å². The van der Waals surface area contributed by atoms with E-state index in [0.717, 1.165) is 18.9 Å². The summed E-state index contributed by atoms with van der Waals surface area (Å²) in [6, 6.07) is 4.43. The highest BCUT2D eigenvalue weighted by Gasteiger charge is 2.23. The second-order valence-electron chi connectivity index (χ2n) is 4.58. The summed E-state index contributed by atoms with van der Waals surface area (Å²) in [6.45, 7) is 6.17. The topological polar surface area (TPSA) is 71.2 Å². The fourth-order valence-electron chi connectivity index (χ4n) is 2.04. The van der Waals surface area contributed by atoms with Gasteiger partial charge >= 0.3 is 0 Å². The highest BCUT2D eigenvalue weighted by Crippen LogP contribution is 2.17. The van der Waals surface area contributed by atoms with Gasteiger partial charge in [-0.05, 0) is 26.0 Å². The third-order valence-electron chi connectivity index (χ3n) is 3.09. The van der Waals surface area contributed by atoms with Crippen molar-refractivity contribution >= 4 is 11.7 Å². The zero-order valence-electron chi connectivity index (χ0n) is 10.2. The summed E-state index contributed by atoms with van der Waals surface area (Å²) in [7, 11) is 0. The molecule has 3 N–H and O–H groups in total. The van der Waals surface area contributed by atoms with Crippen molar-refractivity contribution in [3.8, 4) is 0 Å².